The molecule has 110 valence electrons. The molecule has 4 heteroatoms. The fourth-order valence-corrected chi connectivity index (χ4v) is 2.24. The molecule has 0 spiro atoms. The molecule has 0 heterocycles. The molecule has 2 aromatic carbocycles. The number of hydrogen-bond donors (Lipinski definition) is 2. The van der Waals surface area contributed by atoms with Crippen LogP contribution in [0.2, 0.25) is 0 Å². The summed E-state index contributed by atoms with van der Waals surface area (Å²) in [6.07, 6.45) is 2.55. The van der Waals surface area contributed by atoms with Gasteiger partial charge in [0, 0.05) is 11.1 Å². The lowest BCUT2D eigenvalue weighted by atomic mass is 9.97. The van der Waals surface area contributed by atoms with Gasteiger partial charge in [-0.05, 0) is 30.5 Å². The molecule has 2 N–H and O–H groups in total. The van der Waals surface area contributed by atoms with Crippen LogP contribution in [-0.2, 0) is 6.42 Å². The fraction of sp³-hybridized carbons (Fsp3) is 0.235. The van der Waals surface area contributed by atoms with Crippen LogP contribution < -0.4 is 10.3 Å². The van der Waals surface area contributed by atoms with Crippen molar-refractivity contribution in [2.75, 3.05) is 6.61 Å². The Morgan fingerprint density at radius 2 is 1.95 bits per heavy atom. The Kier molecular flexibility index (Phi) is 5.35. The molecule has 0 aliphatic rings. The fourth-order valence-electron chi connectivity index (χ4n) is 2.24. The second kappa shape index (κ2) is 7.45. The van der Waals surface area contributed by atoms with Crippen LogP contribution in [0.25, 0.3) is 11.1 Å². The Morgan fingerprint density at radius 3 is 2.67 bits per heavy atom. The number of ether oxygens (including phenoxy) is 1. The van der Waals surface area contributed by atoms with E-state index in [4.69, 9.17) is 9.94 Å². The van der Waals surface area contributed by atoms with Crippen molar-refractivity contribution >= 4 is 6.21 Å². The average Bonchev–Trinajstić information content (AvgIpc) is 2.53. The smallest absolute Gasteiger partial charge is 0.127 e. The molecule has 0 saturated heterocycles. The maximum atomic E-state index is 8.62. The highest BCUT2D eigenvalue weighted by atomic mass is 16.5. The summed E-state index contributed by atoms with van der Waals surface area (Å²) in [6, 6.07) is 14.1. The molecule has 0 bridgehead atoms. The number of aryl methyl sites for hydroxylation is 1. The molecule has 0 aliphatic carbocycles. The van der Waals surface area contributed by atoms with Crippen molar-refractivity contribution in [2.45, 2.75) is 20.3 Å². The molecule has 2 aromatic rings. The van der Waals surface area contributed by atoms with E-state index in [1.54, 1.807) is 11.8 Å². The molecule has 0 aliphatic heterocycles. The highest BCUT2D eigenvalue weighted by Gasteiger charge is 2.10. The minimum absolute atomic E-state index is 0.620. The highest BCUT2D eigenvalue weighted by molar-refractivity contribution is 5.91. The van der Waals surface area contributed by atoms with Crippen LogP contribution in [0.3, 0.4) is 0 Å². The first-order chi connectivity index (χ1) is 10.3. The van der Waals surface area contributed by atoms with E-state index in [1.807, 2.05) is 31.2 Å². The predicted molar refractivity (Wildman–Crippen MR) is 84.9 cm³/mol. The third-order valence-corrected chi connectivity index (χ3v) is 3.27. The average molecular weight is 284 g/mol. The largest absolute Gasteiger partial charge is 0.493 e. The topological polar surface area (TPSA) is 53.8 Å². The summed E-state index contributed by atoms with van der Waals surface area (Å²) in [6.45, 7) is 4.72. The van der Waals surface area contributed by atoms with Gasteiger partial charge >= 0.3 is 0 Å². The zero-order chi connectivity index (χ0) is 15.1. The highest BCUT2D eigenvalue weighted by Crippen LogP contribution is 2.33. The van der Waals surface area contributed by atoms with Crippen molar-refractivity contribution in [1.29, 1.82) is 0 Å². The van der Waals surface area contributed by atoms with E-state index in [2.05, 4.69) is 30.2 Å². The number of hydrazone groups is 1. The summed E-state index contributed by atoms with van der Waals surface area (Å²) in [5.74, 6) is 0.870. The monoisotopic (exact) mass is 284 g/mol. The molecule has 0 amide bonds. The number of nitrogens with zero attached hydrogens (tertiary/aromatic N) is 1. The maximum absolute atomic E-state index is 8.62. The van der Waals surface area contributed by atoms with Gasteiger partial charge in [0.25, 0.3) is 0 Å². The van der Waals surface area contributed by atoms with E-state index in [-0.39, 0.29) is 0 Å². The van der Waals surface area contributed by atoms with Gasteiger partial charge in [-0.3, -0.25) is 5.21 Å². The van der Waals surface area contributed by atoms with Gasteiger partial charge in [0.2, 0.25) is 0 Å². The lowest BCUT2D eigenvalue weighted by molar-refractivity contribution is 0.173. The molecule has 0 atom stereocenters. The second-order valence-corrected chi connectivity index (χ2v) is 4.56. The first kappa shape index (κ1) is 15.1. The summed E-state index contributed by atoms with van der Waals surface area (Å²) >= 11 is 0. The van der Waals surface area contributed by atoms with Gasteiger partial charge in [-0.25, -0.2) is 0 Å². The van der Waals surface area contributed by atoms with Crippen LogP contribution >= 0.6 is 0 Å². The summed E-state index contributed by atoms with van der Waals surface area (Å²) in [7, 11) is 0. The number of nitrogens with one attached hydrogen (secondary N) is 1. The molecule has 2 rings (SSSR count). The lowest BCUT2D eigenvalue weighted by Gasteiger charge is -2.13. The molecule has 0 radical (unpaired) electrons. The molecule has 0 saturated carbocycles. The summed E-state index contributed by atoms with van der Waals surface area (Å²) in [5.41, 5.74) is 5.98. The zero-order valence-electron chi connectivity index (χ0n) is 12.3. The van der Waals surface area contributed by atoms with Crippen molar-refractivity contribution in [1.82, 2.24) is 5.59 Å². The van der Waals surface area contributed by atoms with Gasteiger partial charge < -0.3 is 4.74 Å². The SMILES string of the molecule is CCOc1cc(CC)ccc1-c1ccccc1C=NNO. The Hall–Kier alpha value is -2.33. The number of hydrogen-bond acceptors (Lipinski definition) is 4. The zero-order valence-corrected chi connectivity index (χ0v) is 12.3. The van der Waals surface area contributed by atoms with E-state index in [9.17, 15) is 0 Å². The van der Waals surface area contributed by atoms with Gasteiger partial charge in [0.1, 0.15) is 5.75 Å². The molecule has 0 fully saturated rings. The van der Waals surface area contributed by atoms with Crippen LogP contribution in [0.1, 0.15) is 25.0 Å². The van der Waals surface area contributed by atoms with Crippen molar-refractivity contribution in [3.63, 3.8) is 0 Å². The molecule has 0 aromatic heterocycles. The summed E-state index contributed by atoms with van der Waals surface area (Å²) < 4.78 is 5.78. The Labute approximate surface area is 125 Å². The Balaban J connectivity index is 2.53. The molecular formula is C17H20N2O2. The Morgan fingerprint density at radius 1 is 1.14 bits per heavy atom. The van der Waals surface area contributed by atoms with Gasteiger partial charge in [-0.1, -0.05) is 43.3 Å². The lowest BCUT2D eigenvalue weighted by Crippen LogP contribution is -1.99. The normalized spacial score (nSPS) is 10.8. The van der Waals surface area contributed by atoms with Crippen LogP contribution in [-0.4, -0.2) is 18.0 Å². The van der Waals surface area contributed by atoms with Crippen LogP contribution in [0.5, 0.6) is 5.75 Å². The van der Waals surface area contributed by atoms with Crippen molar-refractivity contribution in [3.8, 4) is 16.9 Å². The third-order valence-electron chi connectivity index (χ3n) is 3.27. The van der Waals surface area contributed by atoms with E-state index >= 15 is 0 Å². The van der Waals surface area contributed by atoms with E-state index < -0.39 is 0 Å². The van der Waals surface area contributed by atoms with Crippen molar-refractivity contribution in [3.05, 3.63) is 53.6 Å². The standard InChI is InChI=1S/C17H20N2O2/c1-3-13-9-10-16(17(11-13)21-4-2)15-8-6-5-7-14(15)12-18-19-20/h5-12,19-20H,3-4H2,1-2H3. The molecule has 4 nitrogen and oxygen atoms in total. The molecule has 21 heavy (non-hydrogen) atoms. The van der Waals surface area contributed by atoms with Gasteiger partial charge in [-0.2, -0.15) is 10.7 Å². The van der Waals surface area contributed by atoms with Crippen molar-refractivity contribution in [2.24, 2.45) is 5.10 Å². The first-order valence-electron chi connectivity index (χ1n) is 7.07. The van der Waals surface area contributed by atoms with Crippen LogP contribution in [0.4, 0.5) is 0 Å². The van der Waals surface area contributed by atoms with Gasteiger partial charge in [-0.15, -0.1) is 0 Å². The quantitative estimate of drug-likeness (QED) is 0.629. The van der Waals surface area contributed by atoms with E-state index in [1.165, 1.54) is 5.56 Å². The molecular weight excluding hydrogens is 264 g/mol. The number of rotatable bonds is 6. The predicted octanol–water partition coefficient (Wildman–Crippen LogP) is 3.63. The minimum atomic E-state index is 0.620. The van der Waals surface area contributed by atoms with E-state index in [0.29, 0.717) is 6.61 Å². The van der Waals surface area contributed by atoms with Crippen LogP contribution in [0.15, 0.2) is 47.6 Å². The minimum Gasteiger partial charge on any atom is -0.493 e. The second-order valence-electron chi connectivity index (χ2n) is 4.56. The number of benzene rings is 2. The Bertz CT molecular complexity index is 624. The van der Waals surface area contributed by atoms with Gasteiger partial charge in [0.15, 0.2) is 0 Å². The molecule has 0 unspecified atom stereocenters. The first-order valence-corrected chi connectivity index (χ1v) is 7.07. The van der Waals surface area contributed by atoms with Crippen LogP contribution in [0, 0.1) is 0 Å². The summed E-state index contributed by atoms with van der Waals surface area (Å²) in [4.78, 5) is 0. The van der Waals surface area contributed by atoms with Gasteiger partial charge in [0.05, 0.1) is 12.8 Å². The van der Waals surface area contributed by atoms with E-state index in [0.717, 1.165) is 28.9 Å². The third kappa shape index (κ3) is 3.61. The maximum Gasteiger partial charge on any atom is 0.127 e. The summed E-state index contributed by atoms with van der Waals surface area (Å²) in [5, 5.41) is 12.3. The van der Waals surface area contributed by atoms with Crippen molar-refractivity contribution < 1.29 is 9.94 Å².